The summed E-state index contributed by atoms with van der Waals surface area (Å²) in [6.07, 6.45) is 1.73. The molecule has 19 heavy (non-hydrogen) atoms. The Bertz CT molecular complexity index is 527. The molecular weight excluding hydrogens is 291 g/mol. The Morgan fingerprint density at radius 2 is 2.11 bits per heavy atom. The SMILES string of the molecule is Cn1c(C(=O)N[C@H]2CC[C@@H](C(=O)O)C2)cc(Cl)c1Cl. The van der Waals surface area contributed by atoms with E-state index < -0.39 is 5.97 Å². The van der Waals surface area contributed by atoms with Crippen LogP contribution in [0.5, 0.6) is 0 Å². The molecule has 1 aliphatic rings. The number of hydrogen-bond acceptors (Lipinski definition) is 2. The number of nitrogens with one attached hydrogen (secondary N) is 1. The summed E-state index contributed by atoms with van der Waals surface area (Å²) in [6.45, 7) is 0. The first-order chi connectivity index (χ1) is 8.90. The molecule has 0 radical (unpaired) electrons. The Balaban J connectivity index is 2.02. The minimum Gasteiger partial charge on any atom is -0.481 e. The third kappa shape index (κ3) is 2.87. The van der Waals surface area contributed by atoms with Gasteiger partial charge >= 0.3 is 5.97 Å². The average Bonchev–Trinajstić information content (AvgIpc) is 2.90. The minimum atomic E-state index is -0.804. The standard InChI is InChI=1S/C12H14Cl2N2O3/c1-16-9(5-8(13)10(16)14)11(17)15-7-3-2-6(4-7)12(18)19/h5-7H,2-4H2,1H3,(H,15,17)(H,18,19)/t6-,7+/m1/s1. The molecule has 1 aromatic heterocycles. The molecule has 0 aromatic carbocycles. The number of carbonyl (C=O) groups excluding carboxylic acids is 1. The molecule has 1 amide bonds. The summed E-state index contributed by atoms with van der Waals surface area (Å²) in [5.74, 6) is -1.46. The zero-order valence-corrected chi connectivity index (χ0v) is 11.8. The minimum absolute atomic E-state index is 0.110. The van der Waals surface area contributed by atoms with Crippen LogP contribution in [0.15, 0.2) is 6.07 Å². The normalized spacial score (nSPS) is 22.5. The van der Waals surface area contributed by atoms with Crippen molar-refractivity contribution in [3.05, 3.63) is 21.9 Å². The van der Waals surface area contributed by atoms with Gasteiger partial charge in [-0.15, -0.1) is 0 Å². The fourth-order valence-corrected chi connectivity index (χ4v) is 2.73. The molecule has 0 saturated heterocycles. The Morgan fingerprint density at radius 1 is 1.42 bits per heavy atom. The lowest BCUT2D eigenvalue weighted by Crippen LogP contribution is -2.34. The average molecular weight is 305 g/mol. The molecule has 104 valence electrons. The smallest absolute Gasteiger partial charge is 0.306 e. The lowest BCUT2D eigenvalue weighted by atomic mass is 10.1. The van der Waals surface area contributed by atoms with Crippen LogP contribution in [0.3, 0.4) is 0 Å². The van der Waals surface area contributed by atoms with Crippen molar-refractivity contribution in [3.63, 3.8) is 0 Å². The number of rotatable bonds is 3. The second-order valence-electron chi connectivity index (χ2n) is 4.75. The molecule has 1 saturated carbocycles. The van der Waals surface area contributed by atoms with Crippen molar-refractivity contribution >= 4 is 35.1 Å². The molecule has 5 nitrogen and oxygen atoms in total. The molecule has 7 heteroatoms. The van der Waals surface area contributed by atoms with Gasteiger partial charge in [0.25, 0.3) is 5.91 Å². The quantitative estimate of drug-likeness (QED) is 0.900. The predicted molar refractivity (Wildman–Crippen MR) is 71.7 cm³/mol. The third-order valence-corrected chi connectivity index (χ3v) is 4.31. The van der Waals surface area contributed by atoms with Crippen LogP contribution in [-0.4, -0.2) is 27.6 Å². The van der Waals surface area contributed by atoms with Gasteiger partial charge in [-0.1, -0.05) is 23.2 Å². The molecular formula is C12H14Cl2N2O3. The van der Waals surface area contributed by atoms with Crippen LogP contribution in [0.25, 0.3) is 0 Å². The topological polar surface area (TPSA) is 71.3 Å². The number of halogens is 2. The Hall–Kier alpha value is -1.20. The maximum atomic E-state index is 12.1. The van der Waals surface area contributed by atoms with Gasteiger partial charge in [-0.05, 0) is 25.3 Å². The van der Waals surface area contributed by atoms with Crippen molar-refractivity contribution in [1.82, 2.24) is 9.88 Å². The Morgan fingerprint density at radius 3 is 2.58 bits per heavy atom. The number of hydrogen-bond donors (Lipinski definition) is 2. The molecule has 2 atom stereocenters. The van der Waals surface area contributed by atoms with Crippen molar-refractivity contribution in [1.29, 1.82) is 0 Å². The third-order valence-electron chi connectivity index (χ3n) is 3.47. The van der Waals surface area contributed by atoms with Crippen molar-refractivity contribution < 1.29 is 14.7 Å². The largest absolute Gasteiger partial charge is 0.481 e. The zero-order chi connectivity index (χ0) is 14.2. The van der Waals surface area contributed by atoms with Gasteiger partial charge in [0.15, 0.2) is 0 Å². The number of nitrogens with zero attached hydrogens (tertiary/aromatic N) is 1. The number of carbonyl (C=O) groups is 2. The number of carboxylic acid groups (broad SMARTS) is 1. The van der Waals surface area contributed by atoms with Gasteiger partial charge in [-0.2, -0.15) is 0 Å². The van der Waals surface area contributed by atoms with Gasteiger partial charge in [0, 0.05) is 13.1 Å². The summed E-state index contributed by atoms with van der Waals surface area (Å²) in [4.78, 5) is 22.9. The van der Waals surface area contributed by atoms with Gasteiger partial charge in [0.05, 0.1) is 10.9 Å². The van der Waals surface area contributed by atoms with Crippen LogP contribution in [0.4, 0.5) is 0 Å². The monoisotopic (exact) mass is 304 g/mol. The molecule has 0 bridgehead atoms. The van der Waals surface area contributed by atoms with Crippen molar-refractivity contribution in [2.75, 3.05) is 0 Å². The summed E-state index contributed by atoms with van der Waals surface area (Å²) >= 11 is 11.7. The van der Waals surface area contributed by atoms with E-state index in [1.54, 1.807) is 7.05 Å². The number of aromatic nitrogens is 1. The van der Waals surface area contributed by atoms with E-state index >= 15 is 0 Å². The maximum Gasteiger partial charge on any atom is 0.306 e. The maximum absolute atomic E-state index is 12.1. The van der Waals surface area contributed by atoms with Crippen molar-refractivity contribution in [2.24, 2.45) is 13.0 Å². The molecule has 1 aromatic rings. The highest BCUT2D eigenvalue weighted by atomic mass is 35.5. The molecule has 0 unspecified atom stereocenters. The first-order valence-corrected chi connectivity index (χ1v) is 6.70. The van der Waals surface area contributed by atoms with E-state index in [1.165, 1.54) is 10.6 Å². The Kier molecular flexibility index (Phi) is 4.06. The fraction of sp³-hybridized carbons (Fsp3) is 0.500. The molecule has 1 aliphatic carbocycles. The van der Waals surface area contributed by atoms with Crippen LogP contribution in [0, 0.1) is 5.92 Å². The summed E-state index contributed by atoms with van der Waals surface area (Å²) in [5.41, 5.74) is 0.369. The summed E-state index contributed by atoms with van der Waals surface area (Å²) in [5, 5.41) is 12.4. The summed E-state index contributed by atoms with van der Waals surface area (Å²) in [7, 11) is 1.65. The molecule has 0 aliphatic heterocycles. The zero-order valence-electron chi connectivity index (χ0n) is 10.3. The van der Waals surface area contributed by atoms with E-state index in [0.29, 0.717) is 35.1 Å². The fourth-order valence-electron chi connectivity index (χ4n) is 2.36. The van der Waals surface area contributed by atoms with Gasteiger partial charge in [-0.3, -0.25) is 9.59 Å². The highest BCUT2D eigenvalue weighted by molar-refractivity contribution is 6.41. The van der Waals surface area contributed by atoms with Gasteiger partial charge < -0.3 is 15.0 Å². The van der Waals surface area contributed by atoms with Gasteiger partial charge in [-0.25, -0.2) is 0 Å². The van der Waals surface area contributed by atoms with E-state index in [9.17, 15) is 9.59 Å². The molecule has 1 fully saturated rings. The van der Waals surface area contributed by atoms with E-state index in [-0.39, 0.29) is 17.9 Å². The van der Waals surface area contributed by atoms with Crippen LogP contribution < -0.4 is 5.32 Å². The van der Waals surface area contributed by atoms with Gasteiger partial charge in [0.2, 0.25) is 0 Å². The van der Waals surface area contributed by atoms with Crippen molar-refractivity contribution in [2.45, 2.75) is 25.3 Å². The lowest BCUT2D eigenvalue weighted by Gasteiger charge is -2.12. The number of aliphatic carboxylic acids is 1. The van der Waals surface area contributed by atoms with E-state index in [4.69, 9.17) is 28.3 Å². The van der Waals surface area contributed by atoms with Crippen LogP contribution in [0.2, 0.25) is 10.2 Å². The first kappa shape index (κ1) is 14.2. The lowest BCUT2D eigenvalue weighted by molar-refractivity contribution is -0.141. The second kappa shape index (κ2) is 5.43. The van der Waals surface area contributed by atoms with E-state index in [1.807, 2.05) is 0 Å². The number of carboxylic acids is 1. The second-order valence-corrected chi connectivity index (χ2v) is 5.51. The highest BCUT2D eigenvalue weighted by Crippen LogP contribution is 2.27. The molecule has 2 rings (SSSR count). The Labute approximate surface area is 120 Å². The highest BCUT2D eigenvalue weighted by Gasteiger charge is 2.31. The molecule has 2 N–H and O–H groups in total. The van der Waals surface area contributed by atoms with E-state index in [2.05, 4.69) is 5.32 Å². The van der Waals surface area contributed by atoms with Crippen LogP contribution in [-0.2, 0) is 11.8 Å². The van der Waals surface area contributed by atoms with E-state index in [0.717, 1.165) is 0 Å². The first-order valence-electron chi connectivity index (χ1n) is 5.94. The molecule has 1 heterocycles. The molecule has 0 spiro atoms. The number of amides is 1. The van der Waals surface area contributed by atoms with Crippen LogP contribution >= 0.6 is 23.2 Å². The predicted octanol–water partition coefficient (Wildman–Crippen LogP) is 2.31. The van der Waals surface area contributed by atoms with Crippen LogP contribution in [0.1, 0.15) is 29.8 Å². The summed E-state index contributed by atoms with van der Waals surface area (Å²) < 4.78 is 1.50. The van der Waals surface area contributed by atoms with Crippen molar-refractivity contribution in [3.8, 4) is 0 Å². The summed E-state index contributed by atoms with van der Waals surface area (Å²) in [6, 6.07) is 1.39. The van der Waals surface area contributed by atoms with Gasteiger partial charge in [0.1, 0.15) is 10.8 Å².